The Morgan fingerprint density at radius 1 is 1.14 bits per heavy atom. The number of nitriles is 1. The number of nitrogens with zero attached hydrogens (tertiary/aromatic N) is 5. The van der Waals surface area contributed by atoms with Crippen LogP contribution in [0.1, 0.15) is 52.2 Å². The molecule has 0 radical (unpaired) electrons. The van der Waals surface area contributed by atoms with E-state index in [0.29, 0.717) is 34.6 Å². The number of pyridine rings is 1. The number of carbonyl (C=O) groups is 2. The molecule has 6 rings (SSSR count). The molecule has 8 heteroatoms. The second-order valence-electron chi connectivity index (χ2n) is 10.9. The number of nitrogens with one attached hydrogen (secondary N) is 1. The monoisotopic (exact) mass is 496 g/mol. The quantitative estimate of drug-likeness (QED) is 0.595. The summed E-state index contributed by atoms with van der Waals surface area (Å²) in [7, 11) is 2.01. The molecule has 1 unspecified atom stereocenters. The molecule has 3 saturated heterocycles. The van der Waals surface area contributed by atoms with Crippen LogP contribution in [0.3, 0.4) is 0 Å². The number of amides is 2. The van der Waals surface area contributed by atoms with Crippen LogP contribution in [0.25, 0.3) is 11.0 Å². The molecule has 0 aliphatic carbocycles. The van der Waals surface area contributed by atoms with E-state index in [1.807, 2.05) is 14.0 Å². The summed E-state index contributed by atoms with van der Waals surface area (Å²) in [5.74, 6) is 1.17. The van der Waals surface area contributed by atoms with Crippen molar-refractivity contribution in [2.24, 2.45) is 18.9 Å². The number of hydrogen-bond donors (Lipinski definition) is 1. The molecule has 8 nitrogen and oxygen atoms in total. The van der Waals surface area contributed by atoms with Crippen molar-refractivity contribution in [2.75, 3.05) is 38.0 Å². The minimum Gasteiger partial charge on any atom is -0.342 e. The molecule has 190 valence electrons. The lowest BCUT2D eigenvalue weighted by Crippen LogP contribution is -2.44. The second-order valence-corrected chi connectivity index (χ2v) is 10.9. The minimum atomic E-state index is -0.261. The first-order valence-electron chi connectivity index (χ1n) is 13.2. The van der Waals surface area contributed by atoms with Crippen LogP contribution in [-0.4, -0.2) is 63.9 Å². The Hall–Kier alpha value is -3.70. The van der Waals surface area contributed by atoms with Crippen molar-refractivity contribution in [1.82, 2.24) is 19.4 Å². The molecule has 2 amide bonds. The number of aromatic nitrogens is 2. The van der Waals surface area contributed by atoms with Crippen LogP contribution in [0.5, 0.6) is 0 Å². The lowest BCUT2D eigenvalue weighted by molar-refractivity contribution is -0.137. The second kappa shape index (κ2) is 9.31. The van der Waals surface area contributed by atoms with Crippen LogP contribution < -0.4 is 5.32 Å². The third-order valence-corrected chi connectivity index (χ3v) is 8.67. The van der Waals surface area contributed by atoms with Gasteiger partial charge in [0.05, 0.1) is 29.4 Å². The fourth-order valence-electron chi connectivity index (χ4n) is 6.61. The van der Waals surface area contributed by atoms with Crippen molar-refractivity contribution in [3.63, 3.8) is 0 Å². The lowest BCUT2D eigenvalue weighted by Gasteiger charge is -2.35. The molecule has 1 N–H and O–H groups in total. The summed E-state index contributed by atoms with van der Waals surface area (Å²) in [6.07, 6.45) is 6.90. The van der Waals surface area contributed by atoms with Gasteiger partial charge >= 0.3 is 0 Å². The average Bonchev–Trinajstić information content (AvgIpc) is 3.65. The van der Waals surface area contributed by atoms with E-state index in [1.54, 1.807) is 30.5 Å². The minimum absolute atomic E-state index is 0.189. The van der Waals surface area contributed by atoms with Gasteiger partial charge in [-0.05, 0) is 73.9 Å². The topological polar surface area (TPSA) is 94.3 Å². The number of benzene rings is 1. The number of likely N-dealkylation sites (tertiary alicyclic amines) is 1. The summed E-state index contributed by atoms with van der Waals surface area (Å²) in [6, 6.07) is 8.77. The Morgan fingerprint density at radius 2 is 1.95 bits per heavy atom. The Bertz CT molecular complexity index is 1430. The van der Waals surface area contributed by atoms with E-state index >= 15 is 0 Å². The van der Waals surface area contributed by atoms with Crippen molar-refractivity contribution in [2.45, 2.75) is 32.1 Å². The first-order valence-corrected chi connectivity index (χ1v) is 13.2. The Kier molecular flexibility index (Phi) is 5.96. The predicted octanol–water partition coefficient (Wildman–Crippen LogP) is 3.66. The highest BCUT2D eigenvalue weighted by Gasteiger charge is 2.43. The number of anilines is 1. The molecule has 3 aliphatic rings. The zero-order chi connectivity index (χ0) is 25.7. The molecule has 3 atom stereocenters. The van der Waals surface area contributed by atoms with Crippen LogP contribution >= 0.6 is 0 Å². The van der Waals surface area contributed by atoms with Crippen LogP contribution in [-0.2, 0) is 11.8 Å². The molecule has 3 aromatic rings. The van der Waals surface area contributed by atoms with Gasteiger partial charge in [-0.1, -0.05) is 6.07 Å². The zero-order valence-corrected chi connectivity index (χ0v) is 21.4. The molecule has 2 aromatic heterocycles. The van der Waals surface area contributed by atoms with E-state index < -0.39 is 0 Å². The summed E-state index contributed by atoms with van der Waals surface area (Å²) >= 11 is 0. The summed E-state index contributed by atoms with van der Waals surface area (Å²) < 4.78 is 2.06. The molecule has 0 spiro atoms. The Morgan fingerprint density at radius 3 is 2.65 bits per heavy atom. The number of piperidine rings is 2. The van der Waals surface area contributed by atoms with E-state index in [4.69, 9.17) is 5.26 Å². The normalized spacial score (nSPS) is 23.4. The van der Waals surface area contributed by atoms with Crippen molar-refractivity contribution in [3.05, 3.63) is 58.9 Å². The average molecular weight is 497 g/mol. The highest BCUT2D eigenvalue weighted by molar-refractivity contribution is 6.06. The summed E-state index contributed by atoms with van der Waals surface area (Å²) in [5, 5.41) is 13.2. The number of hydrogen-bond acceptors (Lipinski definition) is 5. The molecule has 3 fully saturated rings. The highest BCUT2D eigenvalue weighted by Crippen LogP contribution is 2.39. The number of rotatable bonds is 4. The molecular formula is C29H32N6O2. The molecular weight excluding hydrogens is 464 g/mol. The van der Waals surface area contributed by atoms with Gasteiger partial charge in [-0.25, -0.2) is 4.98 Å². The molecule has 3 aliphatic heterocycles. The number of aryl methyl sites for hydroxylation is 2. The van der Waals surface area contributed by atoms with Crippen LogP contribution in [0.2, 0.25) is 0 Å². The molecule has 1 aromatic carbocycles. The maximum absolute atomic E-state index is 13.2. The van der Waals surface area contributed by atoms with E-state index in [0.717, 1.165) is 68.6 Å². The van der Waals surface area contributed by atoms with Gasteiger partial charge in [0.15, 0.2) is 0 Å². The van der Waals surface area contributed by atoms with Gasteiger partial charge in [0, 0.05) is 50.4 Å². The van der Waals surface area contributed by atoms with Crippen molar-refractivity contribution in [3.8, 4) is 6.07 Å². The first-order chi connectivity index (χ1) is 17.9. The maximum Gasteiger partial charge on any atom is 0.255 e. The lowest BCUT2D eigenvalue weighted by atomic mass is 9.86. The Labute approximate surface area is 216 Å². The van der Waals surface area contributed by atoms with E-state index in [1.165, 1.54) is 5.56 Å². The smallest absolute Gasteiger partial charge is 0.255 e. The number of fused-ring (bicyclic) bond motifs is 3. The fraction of sp³-hybridized carbons (Fsp3) is 0.448. The highest BCUT2D eigenvalue weighted by atomic mass is 16.2. The fourth-order valence-corrected chi connectivity index (χ4v) is 6.61. The van der Waals surface area contributed by atoms with Crippen molar-refractivity contribution < 1.29 is 9.59 Å². The van der Waals surface area contributed by atoms with E-state index in [2.05, 4.69) is 36.9 Å². The molecule has 5 heterocycles. The van der Waals surface area contributed by atoms with Crippen LogP contribution in [0, 0.1) is 30.1 Å². The van der Waals surface area contributed by atoms with Crippen molar-refractivity contribution >= 4 is 28.5 Å². The van der Waals surface area contributed by atoms with Gasteiger partial charge < -0.3 is 19.7 Å². The third-order valence-electron chi connectivity index (χ3n) is 8.67. The van der Waals surface area contributed by atoms with Gasteiger partial charge in [0.1, 0.15) is 5.65 Å². The maximum atomic E-state index is 13.2. The van der Waals surface area contributed by atoms with Gasteiger partial charge in [-0.3, -0.25) is 9.59 Å². The standard InChI is InChI=1S/C29H32N6O2/c1-18-25(32-28(36)21-5-3-4-19(12-21)13-30)14-31-27-26(18)23(16-33(27)2)20-7-10-35(11-8-20)29(37)24-17-34-9-6-22(24)15-34/h3-5,12,14,16,20,22,24H,6-11,15,17H2,1-2H3,(H,32,36)/t22-,24+/m1/s1. The summed E-state index contributed by atoms with van der Waals surface area (Å²) in [5.41, 5.74) is 4.68. The first kappa shape index (κ1) is 23.7. The SMILES string of the molecule is Cc1c(NC(=O)c2cccc(C#N)c2)cnc2c1c(C1CCN(C(=O)[C@H]3CN4CC[C@@H]3C4)CC1)cn2C. The zero-order valence-electron chi connectivity index (χ0n) is 21.4. The van der Waals surface area contributed by atoms with E-state index in [9.17, 15) is 9.59 Å². The van der Waals surface area contributed by atoms with E-state index in [-0.39, 0.29) is 11.8 Å². The summed E-state index contributed by atoms with van der Waals surface area (Å²) in [4.78, 5) is 35.4. The largest absolute Gasteiger partial charge is 0.342 e. The molecule has 0 saturated carbocycles. The Balaban J connectivity index is 1.21. The third kappa shape index (κ3) is 4.17. The van der Waals surface area contributed by atoms with Gasteiger partial charge in [-0.15, -0.1) is 0 Å². The van der Waals surface area contributed by atoms with Gasteiger partial charge in [0.2, 0.25) is 5.91 Å². The number of carbonyl (C=O) groups excluding carboxylic acids is 2. The molecule has 37 heavy (non-hydrogen) atoms. The van der Waals surface area contributed by atoms with Crippen LogP contribution in [0.4, 0.5) is 5.69 Å². The molecule has 2 bridgehead atoms. The predicted molar refractivity (Wildman–Crippen MR) is 141 cm³/mol. The van der Waals surface area contributed by atoms with Crippen LogP contribution in [0.15, 0.2) is 36.7 Å². The van der Waals surface area contributed by atoms with Crippen molar-refractivity contribution in [1.29, 1.82) is 5.26 Å². The summed E-state index contributed by atoms with van der Waals surface area (Å²) in [6.45, 7) is 6.80. The van der Waals surface area contributed by atoms with Gasteiger partial charge in [-0.2, -0.15) is 5.26 Å². The van der Waals surface area contributed by atoms with Gasteiger partial charge in [0.25, 0.3) is 5.91 Å².